The summed E-state index contributed by atoms with van der Waals surface area (Å²) in [6, 6.07) is 11.3. The number of hydrogen-bond donors (Lipinski definition) is 0. The van der Waals surface area contributed by atoms with Gasteiger partial charge in [-0.25, -0.2) is 8.42 Å². The Bertz CT molecular complexity index is 995. The van der Waals surface area contributed by atoms with Crippen LogP contribution in [-0.4, -0.2) is 43.4 Å². The van der Waals surface area contributed by atoms with Crippen LogP contribution in [0.2, 0.25) is 5.02 Å². The van der Waals surface area contributed by atoms with Crippen LogP contribution < -0.4 is 4.74 Å². The number of carbonyl (C=O) groups excluding carboxylic acids is 1. The molecule has 0 saturated carbocycles. The summed E-state index contributed by atoms with van der Waals surface area (Å²) in [4.78, 5) is 14.7. The lowest BCUT2D eigenvalue weighted by Gasteiger charge is -2.28. The Labute approximate surface area is 183 Å². The Balaban J connectivity index is 1.75. The standard InChI is InChI=1S/C23H28ClNO4S/c1-4-18-5-7-19(8-6-18)13-25(20-9-10-30(27,28)15-20)22(26)14-29-21-11-16(2)23(24)17(3)12-21/h5-8,11-12,20H,4,9-10,13-15H2,1-3H3/t20-/m1/s1. The van der Waals surface area contributed by atoms with Gasteiger partial charge in [0.15, 0.2) is 16.4 Å². The van der Waals surface area contributed by atoms with E-state index in [0.29, 0.717) is 23.7 Å². The molecule has 162 valence electrons. The maximum Gasteiger partial charge on any atom is 0.261 e. The Morgan fingerprint density at radius 1 is 1.13 bits per heavy atom. The molecule has 2 aromatic rings. The van der Waals surface area contributed by atoms with E-state index in [1.165, 1.54) is 5.56 Å². The van der Waals surface area contributed by atoms with Gasteiger partial charge in [0, 0.05) is 17.6 Å². The van der Waals surface area contributed by atoms with Crippen molar-refractivity contribution < 1.29 is 17.9 Å². The number of halogens is 1. The molecular formula is C23H28ClNO4S. The Hall–Kier alpha value is -2.05. The molecule has 1 amide bonds. The fraction of sp³-hybridized carbons (Fsp3) is 0.435. The first kappa shape index (κ1) is 22.6. The number of sulfone groups is 1. The minimum Gasteiger partial charge on any atom is -0.484 e. The molecule has 0 N–H and O–H groups in total. The van der Waals surface area contributed by atoms with E-state index in [4.69, 9.17) is 16.3 Å². The fourth-order valence-corrected chi connectivity index (χ4v) is 5.58. The van der Waals surface area contributed by atoms with E-state index in [1.807, 2.05) is 38.1 Å². The number of rotatable bonds is 7. The summed E-state index contributed by atoms with van der Waals surface area (Å²) >= 11 is 6.20. The third-order valence-corrected chi connectivity index (χ3v) is 7.87. The van der Waals surface area contributed by atoms with Gasteiger partial charge in [0.25, 0.3) is 5.91 Å². The summed E-state index contributed by atoms with van der Waals surface area (Å²) in [5, 5.41) is 0.682. The Kier molecular flexibility index (Phi) is 7.09. The number of nitrogens with zero attached hydrogens (tertiary/aromatic N) is 1. The number of ether oxygens (including phenoxy) is 1. The van der Waals surface area contributed by atoms with E-state index >= 15 is 0 Å². The molecule has 0 spiro atoms. The van der Waals surface area contributed by atoms with Crippen molar-refractivity contribution in [1.29, 1.82) is 0 Å². The molecule has 1 heterocycles. The molecule has 0 unspecified atom stereocenters. The third kappa shape index (κ3) is 5.55. The van der Waals surface area contributed by atoms with Crippen LogP contribution in [0, 0.1) is 13.8 Å². The summed E-state index contributed by atoms with van der Waals surface area (Å²) in [6.07, 6.45) is 1.40. The molecule has 5 nitrogen and oxygen atoms in total. The summed E-state index contributed by atoms with van der Waals surface area (Å²) in [5.41, 5.74) is 3.96. The monoisotopic (exact) mass is 449 g/mol. The second kappa shape index (κ2) is 9.40. The lowest BCUT2D eigenvalue weighted by molar-refractivity contribution is -0.136. The van der Waals surface area contributed by atoms with Gasteiger partial charge in [0.1, 0.15) is 5.75 Å². The molecule has 1 atom stereocenters. The predicted octanol–water partition coefficient (Wildman–Crippen LogP) is 4.11. The highest BCUT2D eigenvalue weighted by Crippen LogP contribution is 2.26. The second-order valence-corrected chi connectivity index (χ2v) is 10.5. The number of carbonyl (C=O) groups is 1. The Morgan fingerprint density at radius 3 is 2.27 bits per heavy atom. The van der Waals surface area contributed by atoms with Crippen LogP contribution in [0.1, 0.15) is 35.6 Å². The maximum atomic E-state index is 13.1. The van der Waals surface area contributed by atoms with Crippen molar-refractivity contribution >= 4 is 27.3 Å². The number of hydrogen-bond acceptors (Lipinski definition) is 4. The SMILES string of the molecule is CCc1ccc(CN(C(=O)COc2cc(C)c(Cl)c(C)c2)[C@@H]2CCS(=O)(=O)C2)cc1. The zero-order valence-corrected chi connectivity index (χ0v) is 19.2. The molecule has 0 aliphatic carbocycles. The number of aryl methyl sites for hydroxylation is 3. The number of benzene rings is 2. The largest absolute Gasteiger partial charge is 0.484 e. The van der Waals surface area contributed by atoms with Crippen LogP contribution in [0.15, 0.2) is 36.4 Å². The van der Waals surface area contributed by atoms with Crippen LogP contribution >= 0.6 is 11.6 Å². The van der Waals surface area contributed by atoms with Gasteiger partial charge in [-0.1, -0.05) is 42.8 Å². The van der Waals surface area contributed by atoms with E-state index in [0.717, 1.165) is 23.1 Å². The molecule has 0 bridgehead atoms. The van der Waals surface area contributed by atoms with Crippen molar-refractivity contribution in [1.82, 2.24) is 4.90 Å². The van der Waals surface area contributed by atoms with Crippen LogP contribution in [0.4, 0.5) is 0 Å². The molecule has 2 aromatic carbocycles. The van der Waals surface area contributed by atoms with Crippen molar-refractivity contribution in [2.75, 3.05) is 18.1 Å². The van der Waals surface area contributed by atoms with Crippen LogP contribution in [0.5, 0.6) is 5.75 Å². The molecule has 1 aliphatic rings. The average Bonchev–Trinajstić information content (AvgIpc) is 3.08. The van der Waals surface area contributed by atoms with E-state index < -0.39 is 9.84 Å². The zero-order chi connectivity index (χ0) is 21.9. The topological polar surface area (TPSA) is 63.7 Å². The van der Waals surface area contributed by atoms with Crippen molar-refractivity contribution in [2.24, 2.45) is 0 Å². The van der Waals surface area contributed by atoms with Gasteiger partial charge in [-0.3, -0.25) is 4.79 Å². The van der Waals surface area contributed by atoms with Gasteiger partial charge in [0.05, 0.1) is 11.5 Å². The van der Waals surface area contributed by atoms with Crippen molar-refractivity contribution in [2.45, 2.75) is 46.2 Å². The Morgan fingerprint density at radius 2 is 1.73 bits per heavy atom. The first-order valence-electron chi connectivity index (χ1n) is 10.2. The molecule has 7 heteroatoms. The van der Waals surface area contributed by atoms with Crippen molar-refractivity contribution in [3.63, 3.8) is 0 Å². The van der Waals surface area contributed by atoms with Crippen molar-refractivity contribution in [3.8, 4) is 5.75 Å². The quantitative estimate of drug-likeness (QED) is 0.638. The molecule has 3 rings (SSSR count). The first-order chi connectivity index (χ1) is 14.2. The highest BCUT2D eigenvalue weighted by Gasteiger charge is 2.34. The third-order valence-electron chi connectivity index (χ3n) is 5.53. The average molecular weight is 450 g/mol. The summed E-state index contributed by atoms with van der Waals surface area (Å²) in [5.74, 6) is 0.480. The van der Waals surface area contributed by atoms with Crippen molar-refractivity contribution in [3.05, 3.63) is 63.7 Å². The molecule has 1 fully saturated rings. The first-order valence-corrected chi connectivity index (χ1v) is 12.4. The van der Waals surface area contributed by atoms with Crippen LogP contribution in [-0.2, 0) is 27.6 Å². The van der Waals surface area contributed by atoms with Gasteiger partial charge in [-0.2, -0.15) is 0 Å². The smallest absolute Gasteiger partial charge is 0.261 e. The molecule has 1 saturated heterocycles. The number of amides is 1. The van der Waals surface area contributed by atoms with E-state index in [9.17, 15) is 13.2 Å². The van der Waals surface area contributed by atoms with E-state index in [-0.39, 0.29) is 30.1 Å². The molecular weight excluding hydrogens is 422 g/mol. The highest BCUT2D eigenvalue weighted by atomic mass is 35.5. The molecule has 0 aromatic heterocycles. The second-order valence-electron chi connectivity index (χ2n) is 7.91. The van der Waals surface area contributed by atoms with Gasteiger partial charge in [-0.05, 0) is 61.1 Å². The maximum absolute atomic E-state index is 13.1. The lowest BCUT2D eigenvalue weighted by atomic mass is 10.1. The zero-order valence-electron chi connectivity index (χ0n) is 17.7. The highest BCUT2D eigenvalue weighted by molar-refractivity contribution is 7.91. The summed E-state index contributed by atoms with van der Waals surface area (Å²) < 4.78 is 29.8. The molecule has 0 radical (unpaired) electrons. The van der Waals surface area contributed by atoms with Gasteiger partial charge in [0.2, 0.25) is 0 Å². The van der Waals surface area contributed by atoms with E-state index in [1.54, 1.807) is 17.0 Å². The minimum absolute atomic E-state index is 0.00491. The summed E-state index contributed by atoms with van der Waals surface area (Å²) in [6.45, 7) is 6.08. The molecule has 30 heavy (non-hydrogen) atoms. The fourth-order valence-electron chi connectivity index (χ4n) is 3.74. The minimum atomic E-state index is -3.11. The van der Waals surface area contributed by atoms with Crippen LogP contribution in [0.25, 0.3) is 0 Å². The predicted molar refractivity (Wildman–Crippen MR) is 120 cm³/mol. The lowest BCUT2D eigenvalue weighted by Crippen LogP contribution is -2.43. The van der Waals surface area contributed by atoms with E-state index in [2.05, 4.69) is 6.92 Å². The van der Waals surface area contributed by atoms with Crippen LogP contribution in [0.3, 0.4) is 0 Å². The normalized spacial score (nSPS) is 17.7. The van der Waals surface area contributed by atoms with Gasteiger partial charge >= 0.3 is 0 Å². The summed E-state index contributed by atoms with van der Waals surface area (Å²) in [7, 11) is -3.11. The molecule has 1 aliphatic heterocycles. The van der Waals surface area contributed by atoms with Gasteiger partial charge < -0.3 is 9.64 Å². The van der Waals surface area contributed by atoms with Gasteiger partial charge in [-0.15, -0.1) is 0 Å².